The second-order valence-electron chi connectivity index (χ2n) is 10.2. The van der Waals surface area contributed by atoms with Crippen molar-refractivity contribution in [2.75, 3.05) is 13.1 Å². The van der Waals surface area contributed by atoms with E-state index in [9.17, 15) is 14.4 Å². The minimum atomic E-state index is -0.590. The standard InChI is InChI=1S/C30H33IN4O3/c1-3-20(2)28-29(37)33(18-23-9-6-8-22-7-4-5-10-25(22)23)19-26-34(16-15-27(36)35(26)28)30(38)32-17-21-11-13-24(31)14-12-21/h4-14,20,26,28H,3,15-19H2,1-2H3,(H,32,38)/t20-,26+,28-/m0/s1. The quantitative estimate of drug-likeness (QED) is 0.394. The average molecular weight is 625 g/mol. The van der Waals surface area contributed by atoms with Crippen LogP contribution in [-0.2, 0) is 22.7 Å². The van der Waals surface area contributed by atoms with Gasteiger partial charge in [0.2, 0.25) is 11.8 Å². The molecule has 2 fully saturated rings. The molecule has 3 aromatic carbocycles. The molecule has 38 heavy (non-hydrogen) atoms. The number of amides is 4. The molecule has 0 saturated carbocycles. The number of piperazine rings is 1. The third-order valence-electron chi connectivity index (χ3n) is 7.83. The maximum Gasteiger partial charge on any atom is 0.319 e. The first-order valence-corrected chi connectivity index (χ1v) is 14.3. The summed E-state index contributed by atoms with van der Waals surface area (Å²) in [6.07, 6.45) is 0.477. The number of urea groups is 1. The van der Waals surface area contributed by atoms with E-state index in [1.54, 1.807) is 9.80 Å². The van der Waals surface area contributed by atoms with E-state index in [0.717, 1.165) is 31.9 Å². The lowest BCUT2D eigenvalue weighted by molar-refractivity contribution is -0.170. The fourth-order valence-electron chi connectivity index (χ4n) is 5.57. The van der Waals surface area contributed by atoms with E-state index in [2.05, 4.69) is 52.2 Å². The van der Waals surface area contributed by atoms with Crippen LogP contribution in [0.4, 0.5) is 4.79 Å². The van der Waals surface area contributed by atoms with Crippen LogP contribution in [-0.4, -0.2) is 57.8 Å². The van der Waals surface area contributed by atoms with Crippen LogP contribution in [0.1, 0.15) is 37.8 Å². The molecule has 3 aromatic rings. The topological polar surface area (TPSA) is 73.0 Å². The summed E-state index contributed by atoms with van der Waals surface area (Å²) < 4.78 is 1.14. The Morgan fingerprint density at radius 2 is 1.79 bits per heavy atom. The highest BCUT2D eigenvalue weighted by atomic mass is 127. The number of rotatable bonds is 6. The number of hydrogen-bond donors (Lipinski definition) is 1. The molecule has 0 radical (unpaired) electrons. The number of carbonyl (C=O) groups is 3. The lowest BCUT2D eigenvalue weighted by Crippen LogP contribution is -2.72. The van der Waals surface area contributed by atoms with Crippen LogP contribution in [0.2, 0.25) is 0 Å². The van der Waals surface area contributed by atoms with E-state index in [1.807, 2.05) is 61.2 Å². The first-order valence-electron chi connectivity index (χ1n) is 13.2. The fraction of sp³-hybridized carbons (Fsp3) is 0.367. The molecule has 5 rings (SSSR count). The first kappa shape index (κ1) is 26.5. The predicted octanol–water partition coefficient (Wildman–Crippen LogP) is 4.97. The number of benzene rings is 3. The van der Waals surface area contributed by atoms with Gasteiger partial charge in [-0.25, -0.2) is 4.79 Å². The third kappa shape index (κ3) is 5.23. The summed E-state index contributed by atoms with van der Waals surface area (Å²) in [5, 5.41) is 5.27. The Morgan fingerprint density at radius 3 is 2.55 bits per heavy atom. The summed E-state index contributed by atoms with van der Waals surface area (Å²) in [6, 6.07) is 21.5. The van der Waals surface area contributed by atoms with E-state index >= 15 is 0 Å². The second-order valence-corrected chi connectivity index (χ2v) is 11.4. The largest absolute Gasteiger partial charge is 0.334 e. The van der Waals surface area contributed by atoms with Crippen LogP contribution in [0.5, 0.6) is 0 Å². The van der Waals surface area contributed by atoms with Gasteiger partial charge >= 0.3 is 6.03 Å². The van der Waals surface area contributed by atoms with Gasteiger partial charge in [0.1, 0.15) is 12.2 Å². The molecule has 2 heterocycles. The summed E-state index contributed by atoms with van der Waals surface area (Å²) in [4.78, 5) is 45.8. The first-order chi connectivity index (χ1) is 18.4. The van der Waals surface area contributed by atoms with Gasteiger partial charge in [-0.1, -0.05) is 74.9 Å². The Morgan fingerprint density at radius 1 is 1.05 bits per heavy atom. The summed E-state index contributed by atoms with van der Waals surface area (Å²) in [5.74, 6) is -0.128. The van der Waals surface area contributed by atoms with Gasteiger partial charge in [-0.05, 0) is 62.5 Å². The van der Waals surface area contributed by atoms with Gasteiger partial charge < -0.3 is 20.0 Å². The van der Waals surface area contributed by atoms with Crippen LogP contribution in [0.3, 0.4) is 0 Å². The van der Waals surface area contributed by atoms with Crippen molar-refractivity contribution in [2.45, 2.75) is 52.0 Å². The minimum Gasteiger partial charge on any atom is -0.334 e. The van der Waals surface area contributed by atoms with Gasteiger partial charge in [0.05, 0.1) is 6.54 Å². The normalized spacial score (nSPS) is 20.4. The maximum atomic E-state index is 13.9. The molecule has 0 bridgehead atoms. The predicted molar refractivity (Wildman–Crippen MR) is 156 cm³/mol. The summed E-state index contributed by atoms with van der Waals surface area (Å²) in [5.41, 5.74) is 2.07. The number of fused-ring (bicyclic) bond motifs is 2. The van der Waals surface area contributed by atoms with Crippen molar-refractivity contribution < 1.29 is 14.4 Å². The molecule has 8 heteroatoms. The maximum absolute atomic E-state index is 13.9. The van der Waals surface area contributed by atoms with E-state index in [0.29, 0.717) is 19.6 Å². The Bertz CT molecular complexity index is 1340. The van der Waals surface area contributed by atoms with Crippen LogP contribution < -0.4 is 5.32 Å². The molecule has 0 aliphatic carbocycles. The van der Waals surface area contributed by atoms with Gasteiger partial charge in [0.25, 0.3) is 0 Å². The molecule has 3 atom stereocenters. The molecule has 1 N–H and O–H groups in total. The minimum absolute atomic E-state index is 0.0286. The smallest absolute Gasteiger partial charge is 0.319 e. The van der Waals surface area contributed by atoms with Crippen LogP contribution in [0, 0.1) is 9.49 Å². The average Bonchev–Trinajstić information content (AvgIpc) is 2.93. The van der Waals surface area contributed by atoms with E-state index < -0.39 is 12.2 Å². The molecular weight excluding hydrogens is 591 g/mol. The SMILES string of the molecule is CC[C@H](C)[C@H]1C(=O)N(Cc2cccc3ccccc23)C[C@@H]2N(C(=O)NCc3ccc(I)cc3)CCC(=O)N12. The van der Waals surface area contributed by atoms with Crippen molar-refractivity contribution in [3.05, 3.63) is 81.4 Å². The molecule has 2 aliphatic heterocycles. The number of halogens is 1. The van der Waals surface area contributed by atoms with Crippen LogP contribution in [0.15, 0.2) is 66.7 Å². The van der Waals surface area contributed by atoms with Gasteiger partial charge in [-0.2, -0.15) is 0 Å². The lowest BCUT2D eigenvalue weighted by atomic mass is 9.91. The number of nitrogens with zero attached hydrogens (tertiary/aromatic N) is 3. The van der Waals surface area contributed by atoms with Crippen LogP contribution >= 0.6 is 22.6 Å². The Hall–Kier alpha value is -3.14. The fourth-order valence-corrected chi connectivity index (χ4v) is 5.93. The van der Waals surface area contributed by atoms with Gasteiger partial charge in [0.15, 0.2) is 0 Å². The van der Waals surface area contributed by atoms with Crippen molar-refractivity contribution in [3.8, 4) is 0 Å². The van der Waals surface area contributed by atoms with Crippen molar-refractivity contribution in [2.24, 2.45) is 5.92 Å². The number of carbonyl (C=O) groups excluding carboxylic acids is 3. The molecule has 4 amide bonds. The molecule has 0 spiro atoms. The van der Waals surface area contributed by atoms with Crippen molar-refractivity contribution in [1.82, 2.24) is 20.0 Å². The zero-order valence-electron chi connectivity index (χ0n) is 21.8. The van der Waals surface area contributed by atoms with Gasteiger partial charge in [-0.3, -0.25) is 9.59 Å². The third-order valence-corrected chi connectivity index (χ3v) is 8.54. The molecule has 7 nitrogen and oxygen atoms in total. The Kier molecular flexibility index (Phi) is 7.88. The van der Waals surface area contributed by atoms with Gasteiger partial charge in [-0.15, -0.1) is 0 Å². The molecule has 2 aliphatic rings. The zero-order chi connectivity index (χ0) is 26.8. The van der Waals surface area contributed by atoms with Crippen molar-refractivity contribution in [1.29, 1.82) is 0 Å². The molecule has 2 saturated heterocycles. The Balaban J connectivity index is 1.42. The number of hydrogen-bond acceptors (Lipinski definition) is 3. The summed E-state index contributed by atoms with van der Waals surface area (Å²) >= 11 is 2.26. The highest BCUT2D eigenvalue weighted by Gasteiger charge is 2.50. The summed E-state index contributed by atoms with van der Waals surface area (Å²) in [6.45, 7) is 5.52. The van der Waals surface area contributed by atoms with E-state index in [-0.39, 0.29) is 36.7 Å². The van der Waals surface area contributed by atoms with E-state index in [4.69, 9.17) is 0 Å². The second kappa shape index (κ2) is 11.3. The molecular formula is C30H33IN4O3. The van der Waals surface area contributed by atoms with Crippen molar-refractivity contribution in [3.63, 3.8) is 0 Å². The summed E-state index contributed by atoms with van der Waals surface area (Å²) in [7, 11) is 0. The highest BCUT2D eigenvalue weighted by molar-refractivity contribution is 14.1. The zero-order valence-corrected chi connectivity index (χ0v) is 23.9. The molecule has 0 aromatic heterocycles. The van der Waals surface area contributed by atoms with E-state index in [1.165, 1.54) is 0 Å². The highest BCUT2D eigenvalue weighted by Crippen LogP contribution is 2.32. The lowest BCUT2D eigenvalue weighted by Gasteiger charge is -2.53. The van der Waals surface area contributed by atoms with Crippen molar-refractivity contribution >= 4 is 51.2 Å². The monoisotopic (exact) mass is 624 g/mol. The number of nitrogens with one attached hydrogen (secondary N) is 1. The molecule has 198 valence electrons. The van der Waals surface area contributed by atoms with Crippen LogP contribution in [0.25, 0.3) is 10.8 Å². The Labute approximate surface area is 237 Å². The van der Waals surface area contributed by atoms with Gasteiger partial charge in [0, 0.05) is 29.6 Å². The molecule has 0 unspecified atom stereocenters.